The number of rotatable bonds is 4. The minimum absolute atomic E-state index is 0.629. The molecule has 8 unspecified atom stereocenters. The lowest BCUT2D eigenvalue weighted by Crippen LogP contribution is -2.53. The van der Waals surface area contributed by atoms with Gasteiger partial charge in [-0.05, 0) is 129 Å². The largest absolute Gasteiger partial charge is 0.0622 e. The van der Waals surface area contributed by atoms with Crippen molar-refractivity contribution in [1.82, 2.24) is 0 Å². The van der Waals surface area contributed by atoms with Crippen molar-refractivity contribution in [2.75, 3.05) is 0 Å². The first kappa shape index (κ1) is 21.1. The summed E-state index contributed by atoms with van der Waals surface area (Å²) in [6.45, 7) is 10.4. The topological polar surface area (TPSA) is 0 Å². The first-order valence-electron chi connectivity index (χ1n) is 13.5. The maximum absolute atomic E-state index is 2.74. The molecule has 30 heavy (non-hydrogen) atoms. The van der Waals surface area contributed by atoms with Crippen LogP contribution < -0.4 is 0 Å². The lowest BCUT2D eigenvalue weighted by molar-refractivity contribution is -0.114. The van der Waals surface area contributed by atoms with Crippen molar-refractivity contribution in [2.45, 2.75) is 105 Å². The number of aryl methyl sites for hydroxylation is 2. The van der Waals surface area contributed by atoms with Gasteiger partial charge in [0.2, 0.25) is 0 Å². The molecular formula is C30H46. The van der Waals surface area contributed by atoms with Crippen molar-refractivity contribution in [3.8, 4) is 0 Å². The lowest BCUT2D eigenvalue weighted by atomic mass is 9.44. The quantitative estimate of drug-likeness (QED) is 0.469. The third kappa shape index (κ3) is 3.31. The van der Waals surface area contributed by atoms with Crippen molar-refractivity contribution in [3.05, 3.63) is 35.4 Å². The van der Waals surface area contributed by atoms with Crippen LogP contribution in [0.3, 0.4) is 0 Å². The van der Waals surface area contributed by atoms with E-state index in [2.05, 4.69) is 52.0 Å². The molecule has 1 aromatic rings. The van der Waals surface area contributed by atoms with E-state index in [1.807, 2.05) is 0 Å². The predicted octanol–water partition coefficient (Wildman–Crippen LogP) is 8.61. The number of hydrogen-bond acceptors (Lipinski definition) is 0. The van der Waals surface area contributed by atoms with Gasteiger partial charge in [-0.3, -0.25) is 0 Å². The molecule has 5 rings (SSSR count). The van der Waals surface area contributed by atoms with Crippen LogP contribution in [-0.2, 0) is 6.42 Å². The van der Waals surface area contributed by atoms with Crippen molar-refractivity contribution < 1.29 is 0 Å². The summed E-state index contributed by atoms with van der Waals surface area (Å²) in [5, 5.41) is 0. The van der Waals surface area contributed by atoms with Crippen molar-refractivity contribution in [3.63, 3.8) is 0 Å². The zero-order valence-electron chi connectivity index (χ0n) is 20.3. The minimum atomic E-state index is 0.629. The Morgan fingerprint density at radius 1 is 0.867 bits per heavy atom. The monoisotopic (exact) mass is 406 g/mol. The van der Waals surface area contributed by atoms with Gasteiger partial charge in [0.15, 0.2) is 0 Å². The molecule has 166 valence electrons. The molecule has 0 N–H and O–H groups in total. The molecule has 0 amide bonds. The summed E-state index contributed by atoms with van der Waals surface area (Å²) in [7, 11) is 0. The van der Waals surface area contributed by atoms with Crippen LogP contribution in [0.2, 0.25) is 0 Å². The van der Waals surface area contributed by atoms with Crippen LogP contribution in [0.15, 0.2) is 24.3 Å². The van der Waals surface area contributed by atoms with E-state index in [-0.39, 0.29) is 0 Å². The smallest absolute Gasteiger partial charge is 0.0264 e. The first-order chi connectivity index (χ1) is 14.4. The molecule has 1 aromatic carbocycles. The van der Waals surface area contributed by atoms with Crippen molar-refractivity contribution in [1.29, 1.82) is 0 Å². The summed E-state index contributed by atoms with van der Waals surface area (Å²) in [6, 6.07) is 9.06. The fraction of sp³-hybridized carbons (Fsp3) is 0.800. The number of fused-ring (bicyclic) bond motifs is 5. The van der Waals surface area contributed by atoms with Gasteiger partial charge < -0.3 is 0 Å². The Bertz CT molecular complexity index is 748. The highest BCUT2D eigenvalue weighted by Gasteiger charge is 2.60. The molecule has 0 heteroatoms. The highest BCUT2D eigenvalue weighted by atomic mass is 14.6. The van der Waals surface area contributed by atoms with Crippen LogP contribution in [0.5, 0.6) is 0 Å². The molecule has 0 nitrogen and oxygen atoms in total. The summed E-state index contributed by atoms with van der Waals surface area (Å²) in [4.78, 5) is 0. The molecule has 0 saturated heterocycles. The summed E-state index contributed by atoms with van der Waals surface area (Å²) in [5.74, 6) is 6.03. The Hall–Kier alpha value is -0.780. The Balaban J connectivity index is 1.29. The standard InChI is InChI=1S/C30H46/c1-21-9-5-6-10-23(21)13-12-22(2)26-16-17-27-25-15-14-24-11-7-8-19-29(24,3)28(25)18-20-30(26,27)4/h5-6,9-10,22,24-28H,7-8,11-20H2,1-4H3. The molecule has 0 radical (unpaired) electrons. The Morgan fingerprint density at radius 3 is 2.50 bits per heavy atom. The van der Waals surface area contributed by atoms with Crippen LogP contribution in [0, 0.1) is 53.3 Å². The second-order valence-corrected chi connectivity index (χ2v) is 12.6. The van der Waals surface area contributed by atoms with E-state index < -0.39 is 0 Å². The summed E-state index contributed by atoms with van der Waals surface area (Å²) < 4.78 is 0. The van der Waals surface area contributed by atoms with E-state index in [0.717, 1.165) is 35.5 Å². The van der Waals surface area contributed by atoms with Gasteiger partial charge in [0, 0.05) is 0 Å². The van der Waals surface area contributed by atoms with Crippen LogP contribution in [0.25, 0.3) is 0 Å². The normalized spacial score (nSPS) is 44.1. The molecular weight excluding hydrogens is 360 g/mol. The zero-order valence-corrected chi connectivity index (χ0v) is 20.3. The average Bonchev–Trinajstić information content (AvgIpc) is 3.10. The Labute approximate surface area is 186 Å². The van der Waals surface area contributed by atoms with Crippen LogP contribution >= 0.6 is 0 Å². The molecule has 0 aliphatic heterocycles. The molecule has 0 aromatic heterocycles. The Morgan fingerprint density at radius 2 is 1.67 bits per heavy atom. The molecule has 4 aliphatic rings. The third-order valence-electron chi connectivity index (χ3n) is 11.5. The molecule has 4 fully saturated rings. The maximum Gasteiger partial charge on any atom is -0.0264 e. The molecule has 0 heterocycles. The van der Waals surface area contributed by atoms with Crippen molar-refractivity contribution in [2.24, 2.45) is 46.3 Å². The fourth-order valence-electron chi connectivity index (χ4n) is 9.75. The van der Waals surface area contributed by atoms with Gasteiger partial charge in [-0.15, -0.1) is 0 Å². The SMILES string of the molecule is Cc1ccccc1CCC(C)C1CCC2C3CCC4CCCCC4(C)C3CCC12C. The third-order valence-corrected chi connectivity index (χ3v) is 11.5. The van der Waals surface area contributed by atoms with Gasteiger partial charge in [-0.1, -0.05) is 57.9 Å². The van der Waals surface area contributed by atoms with Gasteiger partial charge in [0.05, 0.1) is 0 Å². The van der Waals surface area contributed by atoms with Crippen molar-refractivity contribution >= 4 is 0 Å². The zero-order chi connectivity index (χ0) is 20.9. The van der Waals surface area contributed by atoms with E-state index in [1.54, 1.807) is 37.7 Å². The highest BCUT2D eigenvalue weighted by molar-refractivity contribution is 5.25. The number of hydrogen-bond donors (Lipinski definition) is 0. The molecule has 4 aliphatic carbocycles. The second kappa shape index (κ2) is 7.97. The fourth-order valence-corrected chi connectivity index (χ4v) is 9.75. The maximum atomic E-state index is 2.74. The van der Waals surface area contributed by atoms with E-state index in [0.29, 0.717) is 10.8 Å². The predicted molar refractivity (Wildman–Crippen MR) is 128 cm³/mol. The highest BCUT2D eigenvalue weighted by Crippen LogP contribution is 2.68. The van der Waals surface area contributed by atoms with E-state index in [4.69, 9.17) is 0 Å². The summed E-state index contributed by atoms with van der Waals surface area (Å²) in [5.41, 5.74) is 4.39. The molecule has 4 saturated carbocycles. The second-order valence-electron chi connectivity index (χ2n) is 12.6. The lowest BCUT2D eigenvalue weighted by Gasteiger charge is -2.61. The average molecular weight is 407 g/mol. The molecule has 0 bridgehead atoms. The van der Waals surface area contributed by atoms with Crippen LogP contribution in [-0.4, -0.2) is 0 Å². The minimum Gasteiger partial charge on any atom is -0.0622 e. The molecule has 0 spiro atoms. The van der Waals surface area contributed by atoms with Gasteiger partial charge >= 0.3 is 0 Å². The van der Waals surface area contributed by atoms with Gasteiger partial charge in [-0.2, -0.15) is 0 Å². The van der Waals surface area contributed by atoms with E-state index in [1.165, 1.54) is 50.5 Å². The summed E-state index contributed by atoms with van der Waals surface area (Å²) >= 11 is 0. The van der Waals surface area contributed by atoms with Gasteiger partial charge in [-0.25, -0.2) is 0 Å². The number of benzene rings is 1. The Kier molecular flexibility index (Phi) is 5.60. The van der Waals surface area contributed by atoms with Gasteiger partial charge in [0.25, 0.3) is 0 Å². The summed E-state index contributed by atoms with van der Waals surface area (Å²) in [6.07, 6.45) is 18.0. The van der Waals surface area contributed by atoms with E-state index in [9.17, 15) is 0 Å². The van der Waals surface area contributed by atoms with Gasteiger partial charge in [0.1, 0.15) is 0 Å². The van der Waals surface area contributed by atoms with Crippen LogP contribution in [0.4, 0.5) is 0 Å². The van der Waals surface area contributed by atoms with E-state index >= 15 is 0 Å². The van der Waals surface area contributed by atoms with Crippen LogP contribution in [0.1, 0.15) is 103 Å². The molecule has 8 atom stereocenters. The first-order valence-corrected chi connectivity index (χ1v) is 13.5.